The molecule has 3 nitrogen and oxygen atoms in total. The largest absolute Gasteiger partial charge is 0.456 e. The molecule has 0 aromatic heterocycles. The van der Waals surface area contributed by atoms with Crippen LogP contribution in [0.15, 0.2) is 0 Å². The van der Waals surface area contributed by atoms with Crippen molar-refractivity contribution in [1.82, 2.24) is 0 Å². The minimum Gasteiger partial charge on any atom is -0.456 e. The molecule has 0 aromatic rings. The standard InChI is InChI=1S/C9H16O3/c1-7(10)12-9(3)6-4-5-8(9,2)11/h11H,4-6H2,1-3H3/t8-,9-/m1/s1. The smallest absolute Gasteiger partial charge is 0.303 e. The van der Waals surface area contributed by atoms with Crippen LogP contribution in [0.5, 0.6) is 0 Å². The van der Waals surface area contributed by atoms with Crippen LogP contribution in [0.1, 0.15) is 40.0 Å². The lowest BCUT2D eigenvalue weighted by molar-refractivity contribution is -0.178. The molecule has 0 radical (unpaired) electrons. The molecule has 1 aliphatic rings. The lowest BCUT2D eigenvalue weighted by Gasteiger charge is -2.35. The van der Waals surface area contributed by atoms with Gasteiger partial charge in [-0.2, -0.15) is 0 Å². The molecular formula is C9H16O3. The minimum absolute atomic E-state index is 0.320. The average Bonchev–Trinajstić information content (AvgIpc) is 2.05. The molecule has 1 saturated carbocycles. The topological polar surface area (TPSA) is 46.5 Å². The molecule has 0 amide bonds. The maximum Gasteiger partial charge on any atom is 0.303 e. The maximum atomic E-state index is 10.8. The Balaban J connectivity index is 2.75. The minimum atomic E-state index is -0.862. The predicted molar refractivity (Wildman–Crippen MR) is 44.6 cm³/mol. The van der Waals surface area contributed by atoms with Crippen LogP contribution in [0.25, 0.3) is 0 Å². The second-order valence-corrected chi connectivity index (χ2v) is 3.95. The molecule has 0 aliphatic heterocycles. The van der Waals surface area contributed by atoms with Crippen molar-refractivity contribution in [3.63, 3.8) is 0 Å². The first-order chi connectivity index (χ1) is 5.37. The summed E-state index contributed by atoms with van der Waals surface area (Å²) in [5, 5.41) is 9.89. The summed E-state index contributed by atoms with van der Waals surface area (Å²) >= 11 is 0. The van der Waals surface area contributed by atoms with Gasteiger partial charge in [-0.1, -0.05) is 0 Å². The number of hydrogen-bond acceptors (Lipinski definition) is 3. The molecule has 12 heavy (non-hydrogen) atoms. The van der Waals surface area contributed by atoms with E-state index in [9.17, 15) is 9.90 Å². The zero-order chi connectivity index (χ0) is 9.41. The van der Waals surface area contributed by atoms with Gasteiger partial charge in [-0.3, -0.25) is 4.79 Å². The summed E-state index contributed by atoms with van der Waals surface area (Å²) in [5.74, 6) is -0.320. The van der Waals surface area contributed by atoms with E-state index in [2.05, 4.69) is 0 Å². The Bertz CT molecular complexity index is 198. The van der Waals surface area contributed by atoms with E-state index in [4.69, 9.17) is 4.74 Å². The summed E-state index contributed by atoms with van der Waals surface area (Å²) in [6, 6.07) is 0. The monoisotopic (exact) mass is 172 g/mol. The van der Waals surface area contributed by atoms with Crippen molar-refractivity contribution in [2.75, 3.05) is 0 Å². The van der Waals surface area contributed by atoms with Crippen LogP contribution >= 0.6 is 0 Å². The fourth-order valence-electron chi connectivity index (χ4n) is 1.78. The zero-order valence-electron chi connectivity index (χ0n) is 7.89. The summed E-state index contributed by atoms with van der Waals surface area (Å²) in [4.78, 5) is 10.8. The van der Waals surface area contributed by atoms with Crippen molar-refractivity contribution in [3.8, 4) is 0 Å². The van der Waals surface area contributed by atoms with E-state index in [-0.39, 0.29) is 5.97 Å². The van der Waals surface area contributed by atoms with Gasteiger partial charge in [-0.05, 0) is 33.1 Å². The van der Waals surface area contributed by atoms with Crippen LogP contribution in [0.2, 0.25) is 0 Å². The fraction of sp³-hybridized carbons (Fsp3) is 0.889. The zero-order valence-corrected chi connectivity index (χ0v) is 7.89. The summed E-state index contributed by atoms with van der Waals surface area (Å²) in [6.07, 6.45) is 2.37. The second-order valence-electron chi connectivity index (χ2n) is 3.95. The highest BCUT2D eigenvalue weighted by Crippen LogP contribution is 2.41. The van der Waals surface area contributed by atoms with E-state index in [1.165, 1.54) is 6.92 Å². The summed E-state index contributed by atoms with van der Waals surface area (Å²) in [5.41, 5.74) is -1.54. The third-order valence-electron chi connectivity index (χ3n) is 2.83. The van der Waals surface area contributed by atoms with Gasteiger partial charge in [-0.15, -0.1) is 0 Å². The summed E-state index contributed by atoms with van der Waals surface area (Å²) in [6.45, 7) is 4.89. The van der Waals surface area contributed by atoms with E-state index in [0.717, 1.165) is 12.8 Å². The summed E-state index contributed by atoms with van der Waals surface area (Å²) < 4.78 is 5.12. The van der Waals surface area contributed by atoms with Gasteiger partial charge in [0.1, 0.15) is 11.2 Å². The molecule has 1 N–H and O–H groups in total. The highest BCUT2D eigenvalue weighted by molar-refractivity contribution is 5.66. The van der Waals surface area contributed by atoms with Gasteiger partial charge in [0, 0.05) is 6.92 Å². The number of aliphatic hydroxyl groups is 1. The van der Waals surface area contributed by atoms with Gasteiger partial charge in [0.2, 0.25) is 0 Å². The Labute approximate surface area is 72.7 Å². The van der Waals surface area contributed by atoms with Crippen LogP contribution < -0.4 is 0 Å². The van der Waals surface area contributed by atoms with Crippen molar-refractivity contribution in [2.24, 2.45) is 0 Å². The Kier molecular flexibility index (Phi) is 2.17. The molecule has 0 heterocycles. The number of ether oxygens (including phenoxy) is 1. The van der Waals surface area contributed by atoms with Gasteiger partial charge in [0.25, 0.3) is 0 Å². The van der Waals surface area contributed by atoms with Gasteiger partial charge >= 0.3 is 5.97 Å². The Hall–Kier alpha value is -0.570. The molecular weight excluding hydrogens is 156 g/mol. The Morgan fingerprint density at radius 1 is 1.42 bits per heavy atom. The maximum absolute atomic E-state index is 10.8. The molecule has 0 saturated heterocycles. The third-order valence-corrected chi connectivity index (χ3v) is 2.83. The van der Waals surface area contributed by atoms with Crippen molar-refractivity contribution < 1.29 is 14.6 Å². The van der Waals surface area contributed by atoms with E-state index in [0.29, 0.717) is 6.42 Å². The van der Waals surface area contributed by atoms with Gasteiger partial charge in [-0.25, -0.2) is 0 Å². The molecule has 70 valence electrons. The first-order valence-corrected chi connectivity index (χ1v) is 4.29. The SMILES string of the molecule is CC(=O)O[C@]1(C)CCC[C@@]1(C)O. The van der Waals surface area contributed by atoms with Gasteiger partial charge < -0.3 is 9.84 Å². The van der Waals surface area contributed by atoms with Gasteiger partial charge in [0.15, 0.2) is 0 Å². The predicted octanol–water partition coefficient (Wildman–Crippen LogP) is 1.24. The van der Waals surface area contributed by atoms with Crippen molar-refractivity contribution in [1.29, 1.82) is 0 Å². The van der Waals surface area contributed by atoms with E-state index in [1.807, 2.05) is 0 Å². The molecule has 0 aromatic carbocycles. The highest BCUT2D eigenvalue weighted by Gasteiger charge is 2.50. The molecule has 0 spiro atoms. The number of carbonyl (C=O) groups excluding carboxylic acids is 1. The number of esters is 1. The average molecular weight is 172 g/mol. The number of rotatable bonds is 1. The molecule has 1 rings (SSSR count). The van der Waals surface area contributed by atoms with Crippen LogP contribution in [0, 0.1) is 0 Å². The van der Waals surface area contributed by atoms with E-state index in [1.54, 1.807) is 13.8 Å². The molecule has 0 unspecified atom stereocenters. The van der Waals surface area contributed by atoms with Gasteiger partial charge in [0.05, 0.1) is 0 Å². The quantitative estimate of drug-likeness (QED) is 0.605. The second kappa shape index (κ2) is 2.73. The van der Waals surface area contributed by atoms with E-state index < -0.39 is 11.2 Å². The lowest BCUT2D eigenvalue weighted by Crippen LogP contribution is -2.48. The summed E-state index contributed by atoms with van der Waals surface area (Å²) in [7, 11) is 0. The van der Waals surface area contributed by atoms with Crippen LogP contribution in [-0.4, -0.2) is 22.3 Å². The molecule has 3 heteroatoms. The highest BCUT2D eigenvalue weighted by atomic mass is 16.6. The molecule has 1 fully saturated rings. The molecule has 1 aliphatic carbocycles. The molecule has 0 bridgehead atoms. The van der Waals surface area contributed by atoms with Crippen LogP contribution in [-0.2, 0) is 9.53 Å². The van der Waals surface area contributed by atoms with Crippen LogP contribution in [0.4, 0.5) is 0 Å². The van der Waals surface area contributed by atoms with Crippen molar-refractivity contribution >= 4 is 5.97 Å². The van der Waals surface area contributed by atoms with Crippen molar-refractivity contribution in [3.05, 3.63) is 0 Å². The Morgan fingerprint density at radius 2 is 2.00 bits per heavy atom. The Morgan fingerprint density at radius 3 is 2.33 bits per heavy atom. The lowest BCUT2D eigenvalue weighted by atomic mass is 9.89. The van der Waals surface area contributed by atoms with E-state index >= 15 is 0 Å². The van der Waals surface area contributed by atoms with Crippen LogP contribution in [0.3, 0.4) is 0 Å². The normalized spacial score (nSPS) is 41.3. The first kappa shape index (κ1) is 9.52. The van der Waals surface area contributed by atoms with Crippen molar-refractivity contribution in [2.45, 2.75) is 51.2 Å². The molecule has 2 atom stereocenters. The first-order valence-electron chi connectivity index (χ1n) is 4.29. The number of carbonyl (C=O) groups is 1. The third kappa shape index (κ3) is 1.46. The fourth-order valence-corrected chi connectivity index (χ4v) is 1.78. The number of hydrogen-bond donors (Lipinski definition) is 1.